The van der Waals surface area contributed by atoms with Gasteiger partial charge in [-0.3, -0.25) is 0 Å². The van der Waals surface area contributed by atoms with Gasteiger partial charge in [-0.2, -0.15) is 0 Å². The van der Waals surface area contributed by atoms with Crippen LogP contribution >= 0.6 is 0 Å². The minimum Gasteiger partial charge on any atom is -0.478 e. The quantitative estimate of drug-likeness (QED) is 0.670. The number of nitrogens with zero attached hydrogens (tertiary/aromatic N) is 1. The van der Waals surface area contributed by atoms with Crippen molar-refractivity contribution in [3.63, 3.8) is 0 Å². The van der Waals surface area contributed by atoms with E-state index in [1.54, 1.807) is 44.1 Å². The maximum atomic E-state index is 12.9. The van der Waals surface area contributed by atoms with E-state index >= 15 is 0 Å². The SMILES string of the molecule is C/C(C(=O)O)=C(\C=C(/C)c1ccc(F)cc1)N(C)C. The van der Waals surface area contributed by atoms with Crippen LogP contribution in [0.25, 0.3) is 5.57 Å². The highest BCUT2D eigenvalue weighted by molar-refractivity contribution is 5.88. The molecule has 0 atom stereocenters. The summed E-state index contributed by atoms with van der Waals surface area (Å²) in [5.74, 6) is -1.24. The molecule has 0 radical (unpaired) electrons. The Kier molecular flexibility index (Phi) is 4.87. The van der Waals surface area contributed by atoms with E-state index in [1.165, 1.54) is 12.1 Å². The first-order valence-electron chi connectivity index (χ1n) is 5.88. The number of hydrogen-bond acceptors (Lipinski definition) is 2. The van der Waals surface area contributed by atoms with Crippen molar-refractivity contribution in [1.29, 1.82) is 0 Å². The summed E-state index contributed by atoms with van der Waals surface area (Å²) in [6.45, 7) is 3.43. The Bertz CT molecular complexity index is 528. The van der Waals surface area contributed by atoms with E-state index in [2.05, 4.69) is 0 Å². The molecule has 3 nitrogen and oxygen atoms in total. The summed E-state index contributed by atoms with van der Waals surface area (Å²) in [7, 11) is 3.58. The smallest absolute Gasteiger partial charge is 0.333 e. The van der Waals surface area contributed by atoms with Crippen LogP contribution in [0.5, 0.6) is 0 Å². The van der Waals surface area contributed by atoms with Gasteiger partial charge in [0.1, 0.15) is 5.82 Å². The number of hydrogen-bond donors (Lipinski definition) is 1. The zero-order valence-electron chi connectivity index (χ0n) is 11.6. The van der Waals surface area contributed by atoms with Gasteiger partial charge in [0.15, 0.2) is 0 Å². The maximum Gasteiger partial charge on any atom is 0.333 e. The molecule has 0 fully saturated rings. The standard InChI is InChI=1S/C15H18FNO2/c1-10(12-5-7-13(16)8-6-12)9-14(17(3)4)11(2)15(18)19/h5-9H,1-4H3,(H,18,19)/b10-9+,14-11-. The van der Waals surface area contributed by atoms with Gasteiger partial charge in [0.05, 0.1) is 5.57 Å². The Balaban J connectivity index is 3.20. The molecule has 0 saturated heterocycles. The Morgan fingerprint density at radius 1 is 1.21 bits per heavy atom. The molecule has 0 aliphatic heterocycles. The van der Waals surface area contributed by atoms with Gasteiger partial charge in [-0.25, -0.2) is 9.18 Å². The van der Waals surface area contributed by atoms with E-state index in [0.29, 0.717) is 5.70 Å². The molecule has 19 heavy (non-hydrogen) atoms. The van der Waals surface area contributed by atoms with Crippen LogP contribution in [0.15, 0.2) is 41.6 Å². The van der Waals surface area contributed by atoms with Crippen LogP contribution in [0.4, 0.5) is 4.39 Å². The molecule has 0 bridgehead atoms. The molecule has 0 saturated carbocycles. The Morgan fingerprint density at radius 2 is 1.74 bits per heavy atom. The summed E-state index contributed by atoms with van der Waals surface area (Å²) in [5, 5.41) is 9.06. The fraction of sp³-hybridized carbons (Fsp3) is 0.267. The lowest BCUT2D eigenvalue weighted by atomic mass is 10.0. The molecule has 102 valence electrons. The second-order valence-corrected chi connectivity index (χ2v) is 4.54. The molecule has 0 heterocycles. The topological polar surface area (TPSA) is 40.5 Å². The van der Waals surface area contributed by atoms with Crippen molar-refractivity contribution >= 4 is 11.5 Å². The summed E-state index contributed by atoms with van der Waals surface area (Å²) in [4.78, 5) is 12.8. The lowest BCUT2D eigenvalue weighted by Gasteiger charge is -2.17. The van der Waals surface area contributed by atoms with Crippen molar-refractivity contribution in [2.45, 2.75) is 13.8 Å². The fourth-order valence-corrected chi connectivity index (χ4v) is 1.68. The van der Waals surface area contributed by atoms with E-state index < -0.39 is 5.97 Å². The first-order valence-corrected chi connectivity index (χ1v) is 5.88. The van der Waals surface area contributed by atoms with Gasteiger partial charge < -0.3 is 10.0 Å². The Labute approximate surface area is 112 Å². The number of benzene rings is 1. The molecule has 0 spiro atoms. The molecule has 4 heteroatoms. The summed E-state index contributed by atoms with van der Waals surface area (Å²) in [6, 6.07) is 6.11. The van der Waals surface area contributed by atoms with Gasteiger partial charge in [-0.1, -0.05) is 12.1 Å². The van der Waals surface area contributed by atoms with Crippen molar-refractivity contribution < 1.29 is 14.3 Å². The van der Waals surface area contributed by atoms with E-state index in [-0.39, 0.29) is 11.4 Å². The minimum absolute atomic E-state index is 0.270. The number of halogens is 1. The van der Waals surface area contributed by atoms with Crippen LogP contribution in [0, 0.1) is 5.82 Å². The second-order valence-electron chi connectivity index (χ2n) is 4.54. The predicted molar refractivity (Wildman–Crippen MR) is 74.1 cm³/mol. The van der Waals surface area contributed by atoms with Gasteiger partial charge in [-0.05, 0) is 43.2 Å². The van der Waals surface area contributed by atoms with Crippen LogP contribution in [0.1, 0.15) is 19.4 Å². The third kappa shape index (κ3) is 3.95. The zero-order chi connectivity index (χ0) is 14.6. The van der Waals surface area contributed by atoms with Crippen LogP contribution < -0.4 is 0 Å². The maximum absolute atomic E-state index is 12.9. The van der Waals surface area contributed by atoms with Crippen molar-refractivity contribution in [2.24, 2.45) is 0 Å². The largest absolute Gasteiger partial charge is 0.478 e. The molecular weight excluding hydrogens is 245 g/mol. The van der Waals surface area contributed by atoms with Gasteiger partial charge in [-0.15, -0.1) is 0 Å². The number of likely N-dealkylation sites (N-methyl/N-ethyl adjacent to an activating group) is 1. The van der Waals surface area contributed by atoms with E-state index in [1.807, 2.05) is 6.92 Å². The highest BCUT2D eigenvalue weighted by Crippen LogP contribution is 2.19. The molecular formula is C15H18FNO2. The number of aliphatic carboxylic acids is 1. The summed E-state index contributed by atoms with van der Waals surface area (Å²) < 4.78 is 12.9. The van der Waals surface area contributed by atoms with Gasteiger partial charge in [0.2, 0.25) is 0 Å². The van der Waals surface area contributed by atoms with Crippen molar-refractivity contribution in [1.82, 2.24) is 4.90 Å². The highest BCUT2D eigenvalue weighted by atomic mass is 19.1. The first kappa shape index (κ1) is 15.0. The van der Waals surface area contributed by atoms with E-state index in [9.17, 15) is 9.18 Å². The number of carboxylic acid groups (broad SMARTS) is 1. The second kappa shape index (κ2) is 6.18. The first-order chi connectivity index (χ1) is 8.82. The van der Waals surface area contributed by atoms with Crippen molar-refractivity contribution in [2.75, 3.05) is 14.1 Å². The normalized spacial score (nSPS) is 13.0. The predicted octanol–water partition coefficient (Wildman–Crippen LogP) is 3.15. The molecule has 0 aliphatic carbocycles. The number of rotatable bonds is 4. The van der Waals surface area contributed by atoms with Crippen LogP contribution in [-0.2, 0) is 4.79 Å². The average Bonchev–Trinajstić information content (AvgIpc) is 2.35. The van der Waals surface area contributed by atoms with Gasteiger partial charge >= 0.3 is 5.97 Å². The zero-order valence-corrected chi connectivity index (χ0v) is 11.6. The average molecular weight is 263 g/mol. The third-order valence-electron chi connectivity index (χ3n) is 2.84. The van der Waals surface area contributed by atoms with E-state index in [4.69, 9.17) is 5.11 Å². The van der Waals surface area contributed by atoms with Crippen LogP contribution in [0.2, 0.25) is 0 Å². The molecule has 0 aliphatic rings. The van der Waals surface area contributed by atoms with Gasteiger partial charge in [0, 0.05) is 19.8 Å². The molecule has 0 aromatic heterocycles. The van der Waals surface area contributed by atoms with Crippen molar-refractivity contribution in [3.05, 3.63) is 53.0 Å². The lowest BCUT2D eigenvalue weighted by Crippen LogP contribution is -2.15. The molecule has 1 N–H and O–H groups in total. The minimum atomic E-state index is -0.952. The van der Waals surface area contributed by atoms with E-state index in [0.717, 1.165) is 11.1 Å². The van der Waals surface area contributed by atoms with Crippen LogP contribution in [-0.4, -0.2) is 30.1 Å². The molecule has 0 unspecified atom stereocenters. The molecule has 1 aromatic rings. The fourth-order valence-electron chi connectivity index (χ4n) is 1.68. The number of allylic oxidation sites excluding steroid dienone is 2. The number of carboxylic acids is 1. The van der Waals surface area contributed by atoms with Gasteiger partial charge in [0.25, 0.3) is 0 Å². The monoisotopic (exact) mass is 263 g/mol. The third-order valence-corrected chi connectivity index (χ3v) is 2.84. The molecule has 1 rings (SSSR count). The Hall–Kier alpha value is -2.10. The lowest BCUT2D eigenvalue weighted by molar-refractivity contribution is -0.132. The summed E-state index contributed by atoms with van der Waals surface area (Å²) >= 11 is 0. The highest BCUT2D eigenvalue weighted by Gasteiger charge is 2.10. The molecule has 0 amide bonds. The number of carbonyl (C=O) groups is 1. The molecule has 1 aromatic carbocycles. The summed E-state index contributed by atoms with van der Waals surface area (Å²) in [5.41, 5.74) is 2.63. The summed E-state index contributed by atoms with van der Waals surface area (Å²) in [6.07, 6.45) is 1.79. The van der Waals surface area contributed by atoms with Crippen LogP contribution in [0.3, 0.4) is 0 Å². The van der Waals surface area contributed by atoms with Crippen molar-refractivity contribution in [3.8, 4) is 0 Å². The Morgan fingerprint density at radius 3 is 2.16 bits per heavy atom.